The van der Waals surface area contributed by atoms with Gasteiger partial charge in [0.2, 0.25) is 0 Å². The summed E-state index contributed by atoms with van der Waals surface area (Å²) in [6, 6.07) is 19.6. The van der Waals surface area contributed by atoms with Gasteiger partial charge in [-0.2, -0.15) is 5.10 Å². The monoisotopic (exact) mass is 292 g/mol. The number of benzene rings is 2. The summed E-state index contributed by atoms with van der Waals surface area (Å²) < 4.78 is 1.88. The summed E-state index contributed by atoms with van der Waals surface area (Å²) >= 11 is 0. The lowest BCUT2D eigenvalue weighted by atomic mass is 10.1. The third-order valence-electron chi connectivity index (χ3n) is 3.44. The average molecular weight is 292 g/mol. The van der Waals surface area contributed by atoms with E-state index in [4.69, 9.17) is 5.11 Å². The van der Waals surface area contributed by atoms with E-state index in [0.717, 1.165) is 28.2 Å². The molecule has 0 unspecified atom stereocenters. The number of aliphatic carboxylic acids is 1. The first kappa shape index (κ1) is 14.1. The summed E-state index contributed by atoms with van der Waals surface area (Å²) in [6.07, 6.45) is 0.0317. The molecule has 4 heteroatoms. The lowest BCUT2D eigenvalue weighted by Gasteiger charge is -2.08. The Kier molecular flexibility index (Phi) is 3.74. The van der Waals surface area contributed by atoms with Crippen LogP contribution in [0.3, 0.4) is 0 Å². The van der Waals surface area contributed by atoms with E-state index in [1.807, 2.05) is 72.3 Å². The summed E-state index contributed by atoms with van der Waals surface area (Å²) in [5.41, 5.74) is 4.75. The van der Waals surface area contributed by atoms with Crippen molar-refractivity contribution in [2.45, 2.75) is 13.3 Å². The third-order valence-corrected chi connectivity index (χ3v) is 3.44. The summed E-state index contributed by atoms with van der Waals surface area (Å²) in [6.45, 7) is 1.96. The van der Waals surface area contributed by atoms with E-state index in [2.05, 4.69) is 5.10 Å². The Hall–Kier alpha value is -2.88. The molecule has 0 aliphatic carbocycles. The fourth-order valence-electron chi connectivity index (χ4n) is 2.44. The van der Waals surface area contributed by atoms with Crippen molar-refractivity contribution in [2.24, 2.45) is 0 Å². The number of rotatable bonds is 4. The Morgan fingerprint density at radius 2 is 1.77 bits per heavy atom. The zero-order valence-electron chi connectivity index (χ0n) is 12.2. The molecule has 1 aromatic heterocycles. The van der Waals surface area contributed by atoms with E-state index in [9.17, 15) is 4.79 Å². The summed E-state index contributed by atoms with van der Waals surface area (Å²) in [4.78, 5) is 10.7. The maximum atomic E-state index is 10.7. The van der Waals surface area contributed by atoms with Gasteiger partial charge in [-0.25, -0.2) is 4.68 Å². The van der Waals surface area contributed by atoms with Crippen LogP contribution in [0, 0.1) is 6.92 Å². The van der Waals surface area contributed by atoms with Crippen molar-refractivity contribution in [1.82, 2.24) is 9.78 Å². The van der Waals surface area contributed by atoms with Gasteiger partial charge in [-0.1, -0.05) is 42.5 Å². The molecular formula is C18H16N2O2. The first-order chi connectivity index (χ1) is 10.6. The second kappa shape index (κ2) is 5.85. The van der Waals surface area contributed by atoms with E-state index in [0.29, 0.717) is 0 Å². The number of hydrogen-bond acceptors (Lipinski definition) is 2. The highest BCUT2D eigenvalue weighted by Gasteiger charge is 2.10. The SMILES string of the molecule is Cc1cc(-c2ccccc2)n(-c2ccc(CC(=O)O)cc2)n1. The van der Waals surface area contributed by atoms with Crippen LogP contribution in [-0.2, 0) is 11.2 Å². The fraction of sp³-hybridized carbons (Fsp3) is 0.111. The number of aromatic nitrogens is 2. The molecule has 0 saturated carbocycles. The van der Waals surface area contributed by atoms with Crippen molar-refractivity contribution in [3.8, 4) is 16.9 Å². The van der Waals surface area contributed by atoms with E-state index >= 15 is 0 Å². The van der Waals surface area contributed by atoms with E-state index in [1.54, 1.807) is 0 Å². The predicted octanol–water partition coefficient (Wildman–Crippen LogP) is 3.47. The van der Waals surface area contributed by atoms with Crippen LogP contribution in [0.4, 0.5) is 0 Å². The van der Waals surface area contributed by atoms with Gasteiger partial charge in [-0.3, -0.25) is 4.79 Å². The van der Waals surface area contributed by atoms with E-state index < -0.39 is 5.97 Å². The minimum atomic E-state index is -0.826. The zero-order chi connectivity index (χ0) is 15.5. The quantitative estimate of drug-likeness (QED) is 0.801. The maximum Gasteiger partial charge on any atom is 0.307 e. The van der Waals surface area contributed by atoms with Gasteiger partial charge >= 0.3 is 5.97 Å². The van der Waals surface area contributed by atoms with Crippen LogP contribution in [-0.4, -0.2) is 20.9 Å². The Balaban J connectivity index is 2.00. The van der Waals surface area contributed by atoms with Crippen molar-refractivity contribution < 1.29 is 9.90 Å². The van der Waals surface area contributed by atoms with Crippen molar-refractivity contribution in [3.63, 3.8) is 0 Å². The average Bonchev–Trinajstić information content (AvgIpc) is 2.90. The molecule has 0 saturated heterocycles. The molecule has 0 aliphatic rings. The Labute approximate surface area is 128 Å². The van der Waals surface area contributed by atoms with Crippen LogP contribution in [0.15, 0.2) is 60.7 Å². The topological polar surface area (TPSA) is 55.1 Å². The normalized spacial score (nSPS) is 10.6. The van der Waals surface area contributed by atoms with E-state index in [-0.39, 0.29) is 6.42 Å². The molecule has 0 bridgehead atoms. The molecule has 0 atom stereocenters. The molecule has 0 fully saturated rings. The highest BCUT2D eigenvalue weighted by molar-refractivity contribution is 5.70. The molecular weight excluding hydrogens is 276 g/mol. The maximum absolute atomic E-state index is 10.7. The minimum Gasteiger partial charge on any atom is -0.481 e. The molecule has 1 heterocycles. The molecule has 0 radical (unpaired) electrons. The number of nitrogens with zero attached hydrogens (tertiary/aromatic N) is 2. The smallest absolute Gasteiger partial charge is 0.307 e. The largest absolute Gasteiger partial charge is 0.481 e. The second-order valence-corrected chi connectivity index (χ2v) is 5.19. The summed E-state index contributed by atoms with van der Waals surface area (Å²) in [7, 11) is 0. The van der Waals surface area contributed by atoms with Gasteiger partial charge in [-0.15, -0.1) is 0 Å². The standard InChI is InChI=1S/C18H16N2O2/c1-13-11-17(15-5-3-2-4-6-15)20(19-13)16-9-7-14(8-10-16)12-18(21)22/h2-11H,12H2,1H3,(H,21,22). The molecule has 110 valence electrons. The molecule has 2 aromatic carbocycles. The molecule has 0 spiro atoms. The minimum absolute atomic E-state index is 0.0317. The number of carboxylic acid groups (broad SMARTS) is 1. The highest BCUT2D eigenvalue weighted by Crippen LogP contribution is 2.23. The van der Waals surface area contributed by atoms with Gasteiger partial charge in [0, 0.05) is 5.56 Å². The molecule has 1 N–H and O–H groups in total. The fourth-order valence-corrected chi connectivity index (χ4v) is 2.44. The predicted molar refractivity (Wildman–Crippen MR) is 85.1 cm³/mol. The van der Waals surface area contributed by atoms with Crippen LogP contribution < -0.4 is 0 Å². The van der Waals surface area contributed by atoms with Crippen LogP contribution >= 0.6 is 0 Å². The van der Waals surface area contributed by atoms with Gasteiger partial charge in [0.1, 0.15) is 0 Å². The summed E-state index contributed by atoms with van der Waals surface area (Å²) in [5, 5.41) is 13.4. The zero-order valence-corrected chi connectivity index (χ0v) is 12.2. The van der Waals surface area contributed by atoms with Crippen LogP contribution in [0.2, 0.25) is 0 Å². The first-order valence-corrected chi connectivity index (χ1v) is 7.07. The molecule has 0 amide bonds. The van der Waals surface area contributed by atoms with Gasteiger partial charge in [-0.05, 0) is 30.7 Å². The number of hydrogen-bond donors (Lipinski definition) is 1. The van der Waals surface area contributed by atoms with Gasteiger partial charge < -0.3 is 5.11 Å². The van der Waals surface area contributed by atoms with Crippen LogP contribution in [0.1, 0.15) is 11.3 Å². The molecule has 4 nitrogen and oxygen atoms in total. The molecule has 3 rings (SSSR count). The molecule has 3 aromatic rings. The number of carbonyl (C=O) groups is 1. The van der Waals surface area contributed by atoms with Gasteiger partial charge in [0.05, 0.1) is 23.5 Å². The molecule has 22 heavy (non-hydrogen) atoms. The Morgan fingerprint density at radius 1 is 1.09 bits per heavy atom. The van der Waals surface area contributed by atoms with Crippen LogP contribution in [0.25, 0.3) is 16.9 Å². The van der Waals surface area contributed by atoms with E-state index in [1.165, 1.54) is 0 Å². The van der Waals surface area contributed by atoms with Crippen LogP contribution in [0.5, 0.6) is 0 Å². The Morgan fingerprint density at radius 3 is 2.41 bits per heavy atom. The second-order valence-electron chi connectivity index (χ2n) is 5.19. The third kappa shape index (κ3) is 2.91. The van der Waals surface area contributed by atoms with Crippen molar-refractivity contribution in [3.05, 3.63) is 71.9 Å². The van der Waals surface area contributed by atoms with Gasteiger partial charge in [0.15, 0.2) is 0 Å². The number of carboxylic acids is 1. The molecule has 0 aliphatic heterocycles. The Bertz CT molecular complexity index is 790. The van der Waals surface area contributed by atoms with Gasteiger partial charge in [0.25, 0.3) is 0 Å². The summed E-state index contributed by atoms with van der Waals surface area (Å²) in [5.74, 6) is -0.826. The first-order valence-electron chi connectivity index (χ1n) is 7.07. The number of aryl methyl sites for hydroxylation is 1. The van der Waals surface area contributed by atoms with Crippen molar-refractivity contribution >= 4 is 5.97 Å². The lowest BCUT2D eigenvalue weighted by Crippen LogP contribution is -2.02. The van der Waals surface area contributed by atoms with Crippen molar-refractivity contribution in [2.75, 3.05) is 0 Å². The highest BCUT2D eigenvalue weighted by atomic mass is 16.4. The lowest BCUT2D eigenvalue weighted by molar-refractivity contribution is -0.136. The van der Waals surface area contributed by atoms with Crippen molar-refractivity contribution in [1.29, 1.82) is 0 Å².